The number of fused-ring (bicyclic) bond motifs is 1. The average Bonchev–Trinajstić information content (AvgIpc) is 2.88. The van der Waals surface area contributed by atoms with E-state index < -0.39 is 0 Å². The fourth-order valence-corrected chi connectivity index (χ4v) is 2.74. The minimum atomic E-state index is -0.0800. The van der Waals surface area contributed by atoms with Crippen molar-refractivity contribution in [3.05, 3.63) is 10.9 Å². The van der Waals surface area contributed by atoms with Crippen LogP contribution in [0.1, 0.15) is 25.6 Å². The Morgan fingerprint density at radius 2 is 2.20 bits per heavy atom. The lowest BCUT2D eigenvalue weighted by atomic mass is 10.3. The largest absolute Gasteiger partial charge is 0.472 e. The molecule has 2 rings (SSSR count). The van der Waals surface area contributed by atoms with Crippen LogP contribution in [0.5, 0.6) is 5.88 Å². The van der Waals surface area contributed by atoms with Crippen molar-refractivity contribution in [1.82, 2.24) is 9.97 Å². The monoisotopic (exact) mass is 296 g/mol. The SMILES string of the molecule is CCOCC(C)Oc1nc(NN)nc2sc(CC)cc12. The zero-order valence-electron chi connectivity index (χ0n) is 12.0. The standard InChI is InChI=1S/C13H20N4O2S/c1-4-9-6-10-11(19-8(3)7-18-5-2)15-13(17-14)16-12(10)20-9/h6,8H,4-5,7,14H2,1-3H3,(H,15,16,17). The second-order valence-corrected chi connectivity index (χ2v) is 5.48. The Morgan fingerprint density at radius 3 is 2.85 bits per heavy atom. The molecule has 3 N–H and O–H groups in total. The number of thiophene rings is 1. The van der Waals surface area contributed by atoms with Crippen molar-refractivity contribution < 1.29 is 9.47 Å². The van der Waals surface area contributed by atoms with Crippen LogP contribution in [-0.2, 0) is 11.2 Å². The van der Waals surface area contributed by atoms with Crippen molar-refractivity contribution in [3.63, 3.8) is 0 Å². The van der Waals surface area contributed by atoms with Crippen molar-refractivity contribution >= 4 is 27.5 Å². The molecule has 0 saturated heterocycles. The summed E-state index contributed by atoms with van der Waals surface area (Å²) in [6.45, 7) is 7.21. The van der Waals surface area contributed by atoms with Gasteiger partial charge in [0.2, 0.25) is 11.8 Å². The molecule has 0 amide bonds. The first-order chi connectivity index (χ1) is 9.67. The highest BCUT2D eigenvalue weighted by Gasteiger charge is 2.14. The molecule has 0 spiro atoms. The van der Waals surface area contributed by atoms with Crippen LogP contribution in [-0.4, -0.2) is 29.3 Å². The molecule has 7 heteroatoms. The van der Waals surface area contributed by atoms with E-state index in [2.05, 4.69) is 28.4 Å². The van der Waals surface area contributed by atoms with Gasteiger partial charge in [-0.15, -0.1) is 11.3 Å². The molecule has 0 aromatic carbocycles. The number of hydrogen-bond acceptors (Lipinski definition) is 7. The molecule has 0 fully saturated rings. The van der Waals surface area contributed by atoms with E-state index in [0.29, 0.717) is 25.0 Å². The van der Waals surface area contributed by atoms with E-state index in [4.69, 9.17) is 15.3 Å². The minimum Gasteiger partial charge on any atom is -0.472 e. The van der Waals surface area contributed by atoms with Gasteiger partial charge in [0.15, 0.2) is 0 Å². The van der Waals surface area contributed by atoms with Gasteiger partial charge >= 0.3 is 0 Å². The van der Waals surface area contributed by atoms with Crippen LogP contribution in [0.25, 0.3) is 10.2 Å². The predicted octanol–water partition coefficient (Wildman–Crippen LogP) is 2.34. The maximum absolute atomic E-state index is 5.87. The van der Waals surface area contributed by atoms with Crippen molar-refractivity contribution in [2.75, 3.05) is 18.6 Å². The zero-order chi connectivity index (χ0) is 14.5. The van der Waals surface area contributed by atoms with Gasteiger partial charge in [-0.1, -0.05) is 6.92 Å². The van der Waals surface area contributed by atoms with Crippen LogP contribution in [0.15, 0.2) is 6.07 Å². The van der Waals surface area contributed by atoms with Crippen LogP contribution >= 0.6 is 11.3 Å². The summed E-state index contributed by atoms with van der Waals surface area (Å²) in [5.74, 6) is 6.32. The molecule has 1 unspecified atom stereocenters. The summed E-state index contributed by atoms with van der Waals surface area (Å²) in [5.41, 5.74) is 2.48. The Hall–Kier alpha value is -1.44. The highest BCUT2D eigenvalue weighted by atomic mass is 32.1. The molecule has 0 aliphatic rings. The van der Waals surface area contributed by atoms with Crippen LogP contribution < -0.4 is 16.0 Å². The van der Waals surface area contributed by atoms with Crippen LogP contribution in [0.2, 0.25) is 0 Å². The van der Waals surface area contributed by atoms with E-state index in [-0.39, 0.29) is 6.10 Å². The maximum atomic E-state index is 5.87. The molecule has 0 aliphatic heterocycles. The fourth-order valence-electron chi connectivity index (χ4n) is 1.78. The van der Waals surface area contributed by atoms with E-state index in [1.54, 1.807) is 11.3 Å². The lowest BCUT2D eigenvalue weighted by Gasteiger charge is -2.14. The van der Waals surface area contributed by atoms with Gasteiger partial charge in [0.1, 0.15) is 10.9 Å². The second-order valence-electron chi connectivity index (χ2n) is 4.37. The number of hydrogen-bond donors (Lipinski definition) is 2. The number of hydrazine groups is 1. The lowest BCUT2D eigenvalue weighted by molar-refractivity contribution is 0.0643. The van der Waals surface area contributed by atoms with Gasteiger partial charge in [0.05, 0.1) is 12.0 Å². The highest BCUT2D eigenvalue weighted by Crippen LogP contribution is 2.32. The summed E-state index contributed by atoms with van der Waals surface area (Å²) >= 11 is 1.63. The fraction of sp³-hybridized carbons (Fsp3) is 0.538. The van der Waals surface area contributed by atoms with Gasteiger partial charge in [-0.05, 0) is 26.3 Å². The summed E-state index contributed by atoms with van der Waals surface area (Å²) in [6, 6.07) is 2.07. The van der Waals surface area contributed by atoms with E-state index in [1.165, 1.54) is 4.88 Å². The number of aryl methyl sites for hydroxylation is 1. The molecule has 2 heterocycles. The summed E-state index contributed by atoms with van der Waals surface area (Å²) in [7, 11) is 0. The molecular formula is C13H20N4O2S. The number of rotatable bonds is 7. The summed E-state index contributed by atoms with van der Waals surface area (Å²) in [4.78, 5) is 10.8. The Bertz CT molecular complexity index is 573. The first-order valence-corrected chi connectivity index (χ1v) is 7.51. The number of anilines is 1. The molecule has 0 bridgehead atoms. The van der Waals surface area contributed by atoms with Gasteiger partial charge in [-0.2, -0.15) is 4.98 Å². The third kappa shape index (κ3) is 3.36. The molecule has 0 aliphatic carbocycles. The van der Waals surface area contributed by atoms with E-state index in [9.17, 15) is 0 Å². The van der Waals surface area contributed by atoms with Crippen LogP contribution in [0.3, 0.4) is 0 Å². The number of nitrogens with zero attached hydrogens (tertiary/aromatic N) is 2. The average molecular weight is 296 g/mol. The van der Waals surface area contributed by atoms with Gasteiger partial charge in [0.25, 0.3) is 0 Å². The molecule has 1 atom stereocenters. The molecular weight excluding hydrogens is 276 g/mol. The van der Waals surface area contributed by atoms with Gasteiger partial charge in [-0.25, -0.2) is 10.8 Å². The molecule has 2 aromatic rings. The summed E-state index contributed by atoms with van der Waals surface area (Å²) < 4.78 is 11.2. The van der Waals surface area contributed by atoms with E-state index in [1.807, 2.05) is 13.8 Å². The Labute approximate surface area is 122 Å². The second kappa shape index (κ2) is 6.83. The molecule has 6 nitrogen and oxygen atoms in total. The number of nitrogens with one attached hydrogen (secondary N) is 1. The highest BCUT2D eigenvalue weighted by molar-refractivity contribution is 7.18. The predicted molar refractivity (Wildman–Crippen MR) is 81.2 cm³/mol. The first kappa shape index (κ1) is 15.0. The number of ether oxygens (including phenoxy) is 2. The smallest absolute Gasteiger partial charge is 0.241 e. The molecule has 0 saturated carbocycles. The van der Waals surface area contributed by atoms with Crippen molar-refractivity contribution in [3.8, 4) is 5.88 Å². The minimum absolute atomic E-state index is 0.0800. The van der Waals surface area contributed by atoms with E-state index >= 15 is 0 Å². The quantitative estimate of drug-likeness (QED) is 0.603. The third-order valence-corrected chi connectivity index (χ3v) is 3.93. The van der Waals surface area contributed by atoms with Crippen molar-refractivity contribution in [1.29, 1.82) is 0 Å². The van der Waals surface area contributed by atoms with Crippen molar-refractivity contribution in [2.24, 2.45) is 5.84 Å². The molecule has 2 aromatic heterocycles. The van der Waals surface area contributed by atoms with E-state index in [0.717, 1.165) is 16.6 Å². The first-order valence-electron chi connectivity index (χ1n) is 6.69. The topological polar surface area (TPSA) is 82.3 Å². The Kier molecular flexibility index (Phi) is 5.11. The summed E-state index contributed by atoms with van der Waals surface area (Å²) in [6.07, 6.45) is 0.879. The normalized spacial score (nSPS) is 12.6. The van der Waals surface area contributed by atoms with Gasteiger partial charge in [-0.3, -0.25) is 5.43 Å². The third-order valence-electron chi connectivity index (χ3n) is 2.76. The van der Waals surface area contributed by atoms with Gasteiger partial charge in [0, 0.05) is 11.5 Å². The van der Waals surface area contributed by atoms with Crippen LogP contribution in [0.4, 0.5) is 5.95 Å². The Morgan fingerprint density at radius 1 is 1.40 bits per heavy atom. The summed E-state index contributed by atoms with van der Waals surface area (Å²) in [5, 5.41) is 0.925. The van der Waals surface area contributed by atoms with Crippen LogP contribution in [0, 0.1) is 0 Å². The van der Waals surface area contributed by atoms with Crippen molar-refractivity contribution in [2.45, 2.75) is 33.3 Å². The Balaban J connectivity index is 2.31. The maximum Gasteiger partial charge on any atom is 0.241 e. The molecule has 20 heavy (non-hydrogen) atoms. The van der Waals surface area contributed by atoms with Gasteiger partial charge < -0.3 is 9.47 Å². The number of nitrogens with two attached hydrogens (primary N) is 1. The number of nitrogen functional groups attached to an aromatic ring is 1. The molecule has 110 valence electrons. The lowest BCUT2D eigenvalue weighted by Crippen LogP contribution is -2.20. The number of aromatic nitrogens is 2. The zero-order valence-corrected chi connectivity index (χ0v) is 12.8. The molecule has 0 radical (unpaired) electrons.